The predicted octanol–water partition coefficient (Wildman–Crippen LogP) is 2.34. The minimum atomic E-state index is -3.86. The Morgan fingerprint density at radius 1 is 1.30 bits per heavy atom. The van der Waals surface area contributed by atoms with Gasteiger partial charge in [0.05, 0.1) is 4.90 Å². The number of hydrogen-bond donors (Lipinski definition) is 1. The van der Waals surface area contributed by atoms with E-state index in [1.165, 1.54) is 37.3 Å². The van der Waals surface area contributed by atoms with E-state index in [9.17, 15) is 13.2 Å². The first kappa shape index (κ1) is 14.1. The van der Waals surface area contributed by atoms with Gasteiger partial charge in [0.25, 0.3) is 0 Å². The fourth-order valence-electron chi connectivity index (χ4n) is 1.49. The summed E-state index contributed by atoms with van der Waals surface area (Å²) in [5, 5.41) is 6.05. The average molecular weight is 294 g/mol. The number of sulfonamides is 1. The monoisotopic (exact) mass is 294 g/mol. The second-order valence-corrected chi connectivity index (χ2v) is 5.67. The van der Waals surface area contributed by atoms with Crippen molar-refractivity contribution in [2.75, 3.05) is 5.32 Å². The number of rotatable bonds is 4. The van der Waals surface area contributed by atoms with Crippen LogP contribution in [0.2, 0.25) is 0 Å². The highest BCUT2D eigenvalue weighted by Gasteiger charge is 2.10. The number of anilines is 1. The quantitative estimate of drug-likeness (QED) is 0.932. The zero-order valence-electron chi connectivity index (χ0n) is 10.8. The van der Waals surface area contributed by atoms with E-state index in [1.807, 2.05) is 0 Å². The van der Waals surface area contributed by atoms with Crippen LogP contribution in [0.5, 0.6) is 0 Å². The fourth-order valence-corrected chi connectivity index (χ4v) is 2.40. The van der Waals surface area contributed by atoms with Gasteiger partial charge in [0.15, 0.2) is 0 Å². The SMILES string of the molecule is CC(=O)Nc1ccc(S(=O)(=O)[N-]c2cc(C)on2)cc1. The van der Waals surface area contributed by atoms with Crippen molar-refractivity contribution in [1.29, 1.82) is 0 Å². The molecule has 0 aliphatic rings. The van der Waals surface area contributed by atoms with Crippen LogP contribution in [0.15, 0.2) is 39.8 Å². The summed E-state index contributed by atoms with van der Waals surface area (Å²) in [6.07, 6.45) is 0. The highest BCUT2D eigenvalue weighted by Crippen LogP contribution is 2.27. The molecule has 0 atom stereocenters. The van der Waals surface area contributed by atoms with Crippen LogP contribution in [0.3, 0.4) is 0 Å². The Morgan fingerprint density at radius 3 is 2.45 bits per heavy atom. The van der Waals surface area contributed by atoms with Crippen molar-refractivity contribution in [2.24, 2.45) is 0 Å². The van der Waals surface area contributed by atoms with Crippen LogP contribution in [0.1, 0.15) is 12.7 Å². The lowest BCUT2D eigenvalue weighted by atomic mass is 10.3. The van der Waals surface area contributed by atoms with Crippen LogP contribution in [0.4, 0.5) is 11.5 Å². The van der Waals surface area contributed by atoms with Gasteiger partial charge in [-0.25, -0.2) is 8.42 Å². The number of benzene rings is 1. The molecule has 1 N–H and O–H groups in total. The van der Waals surface area contributed by atoms with Crippen LogP contribution < -0.4 is 5.32 Å². The van der Waals surface area contributed by atoms with Gasteiger partial charge < -0.3 is 14.6 Å². The number of carbonyl (C=O) groups excluding carboxylic acids is 1. The van der Waals surface area contributed by atoms with E-state index < -0.39 is 10.0 Å². The molecule has 106 valence electrons. The average Bonchev–Trinajstić information content (AvgIpc) is 2.74. The number of hydrogen-bond acceptors (Lipinski definition) is 5. The van der Waals surface area contributed by atoms with Crippen molar-refractivity contribution < 1.29 is 17.7 Å². The molecule has 1 aromatic carbocycles. The molecule has 1 heterocycles. The highest BCUT2D eigenvalue weighted by atomic mass is 32.2. The maximum absolute atomic E-state index is 12.0. The topological polar surface area (TPSA) is 103 Å². The molecule has 0 saturated carbocycles. The summed E-state index contributed by atoms with van der Waals surface area (Å²) in [6, 6.07) is 7.10. The Hall–Kier alpha value is -2.35. The van der Waals surface area contributed by atoms with E-state index in [1.54, 1.807) is 6.92 Å². The number of nitrogens with zero attached hydrogens (tertiary/aromatic N) is 2. The second-order valence-electron chi connectivity index (χ2n) is 4.07. The van der Waals surface area contributed by atoms with Crippen molar-refractivity contribution in [2.45, 2.75) is 18.7 Å². The zero-order valence-corrected chi connectivity index (χ0v) is 11.6. The fraction of sp³-hybridized carbons (Fsp3) is 0.167. The maximum Gasteiger partial charge on any atom is 0.221 e. The van der Waals surface area contributed by atoms with Crippen molar-refractivity contribution in [3.05, 3.63) is 40.8 Å². The molecular formula is C12H12N3O4S-. The van der Waals surface area contributed by atoms with E-state index in [-0.39, 0.29) is 16.6 Å². The number of carbonyl (C=O) groups is 1. The Balaban J connectivity index is 2.19. The van der Waals surface area contributed by atoms with Crippen molar-refractivity contribution >= 4 is 27.4 Å². The van der Waals surface area contributed by atoms with Crippen LogP contribution in [-0.4, -0.2) is 19.5 Å². The smallest absolute Gasteiger partial charge is 0.221 e. The molecule has 0 radical (unpaired) electrons. The molecule has 20 heavy (non-hydrogen) atoms. The van der Waals surface area contributed by atoms with Crippen LogP contribution >= 0.6 is 0 Å². The Morgan fingerprint density at radius 2 is 1.95 bits per heavy atom. The standard InChI is InChI=1S/C12H13N3O4S/c1-8-7-12(14-19-8)15-20(17,18)11-5-3-10(4-6-11)13-9(2)16/h3-7H,1-2H3,(H2,13,14,15,16)/p-1. The van der Waals surface area contributed by atoms with Gasteiger partial charge in [-0.05, 0) is 43.1 Å². The minimum absolute atomic E-state index is 0.00608. The summed E-state index contributed by atoms with van der Waals surface area (Å²) in [6.45, 7) is 3.01. The number of nitrogens with one attached hydrogen (secondary N) is 1. The zero-order chi connectivity index (χ0) is 14.8. The van der Waals surface area contributed by atoms with E-state index in [0.29, 0.717) is 11.4 Å². The van der Waals surface area contributed by atoms with Gasteiger partial charge in [0, 0.05) is 12.6 Å². The summed E-state index contributed by atoms with van der Waals surface area (Å²) in [5.41, 5.74) is 0.508. The number of amides is 1. The van der Waals surface area contributed by atoms with E-state index in [4.69, 9.17) is 4.52 Å². The molecule has 7 nitrogen and oxygen atoms in total. The van der Waals surface area contributed by atoms with E-state index >= 15 is 0 Å². The van der Waals surface area contributed by atoms with Gasteiger partial charge in [-0.2, -0.15) is 0 Å². The Labute approximate surface area is 116 Å². The summed E-state index contributed by atoms with van der Waals surface area (Å²) in [4.78, 5) is 10.9. The van der Waals surface area contributed by atoms with Crippen LogP contribution in [-0.2, 0) is 14.8 Å². The van der Waals surface area contributed by atoms with Gasteiger partial charge >= 0.3 is 0 Å². The molecule has 0 saturated heterocycles. The first-order valence-corrected chi connectivity index (χ1v) is 7.10. The first-order valence-electron chi connectivity index (χ1n) is 5.66. The molecule has 0 bridgehead atoms. The van der Waals surface area contributed by atoms with Gasteiger partial charge in [-0.1, -0.05) is 0 Å². The molecule has 1 aromatic heterocycles. The lowest BCUT2D eigenvalue weighted by Crippen LogP contribution is -2.06. The third-order valence-electron chi connectivity index (χ3n) is 2.30. The molecule has 2 aromatic rings. The van der Waals surface area contributed by atoms with Crippen LogP contribution in [0, 0.1) is 6.92 Å². The minimum Gasteiger partial charge on any atom is -0.460 e. The van der Waals surface area contributed by atoms with Crippen molar-refractivity contribution in [3.63, 3.8) is 0 Å². The van der Waals surface area contributed by atoms with Gasteiger partial charge in [0.2, 0.25) is 15.9 Å². The van der Waals surface area contributed by atoms with Gasteiger partial charge in [0.1, 0.15) is 5.76 Å². The second kappa shape index (κ2) is 5.33. The lowest BCUT2D eigenvalue weighted by Gasteiger charge is -2.11. The summed E-state index contributed by atoms with van der Waals surface area (Å²) in [5.74, 6) is 0.233. The molecule has 0 unspecified atom stereocenters. The Bertz CT molecular complexity index is 719. The van der Waals surface area contributed by atoms with Crippen LogP contribution in [0.25, 0.3) is 4.72 Å². The molecule has 1 amide bonds. The number of aryl methyl sites for hydroxylation is 1. The molecule has 0 aliphatic carbocycles. The third-order valence-corrected chi connectivity index (χ3v) is 3.60. The predicted molar refractivity (Wildman–Crippen MR) is 72.2 cm³/mol. The maximum atomic E-state index is 12.0. The molecular weight excluding hydrogens is 282 g/mol. The summed E-state index contributed by atoms with van der Waals surface area (Å²) in [7, 11) is -3.86. The van der Waals surface area contributed by atoms with E-state index in [2.05, 4.69) is 15.2 Å². The Kier molecular flexibility index (Phi) is 3.75. The van der Waals surface area contributed by atoms with Gasteiger partial charge in [-0.3, -0.25) is 9.95 Å². The van der Waals surface area contributed by atoms with Crippen molar-refractivity contribution in [3.8, 4) is 0 Å². The molecule has 8 heteroatoms. The largest absolute Gasteiger partial charge is 0.460 e. The number of aromatic nitrogens is 1. The highest BCUT2D eigenvalue weighted by molar-refractivity contribution is 7.94. The summed E-state index contributed by atoms with van der Waals surface area (Å²) >= 11 is 0. The van der Waals surface area contributed by atoms with Gasteiger partial charge in [-0.15, -0.1) is 0 Å². The molecule has 2 rings (SSSR count). The summed E-state index contributed by atoms with van der Waals surface area (Å²) < 4.78 is 32.3. The molecule has 0 spiro atoms. The normalized spacial score (nSPS) is 11.1. The third kappa shape index (κ3) is 3.35. The first-order chi connectivity index (χ1) is 9.37. The lowest BCUT2D eigenvalue weighted by molar-refractivity contribution is -0.114. The molecule has 0 aliphatic heterocycles. The van der Waals surface area contributed by atoms with E-state index in [0.717, 1.165) is 0 Å². The molecule has 0 fully saturated rings. The van der Waals surface area contributed by atoms with Crippen molar-refractivity contribution in [1.82, 2.24) is 5.16 Å².